The van der Waals surface area contributed by atoms with Crippen molar-refractivity contribution in [2.45, 2.75) is 51.0 Å². The number of aromatic nitrogens is 4. The number of nitrogens with one attached hydrogen (secondary N) is 2. The second-order valence-electron chi connectivity index (χ2n) is 8.26. The lowest BCUT2D eigenvalue weighted by molar-refractivity contribution is 0.0840. The highest BCUT2D eigenvalue weighted by Gasteiger charge is 2.32. The van der Waals surface area contributed by atoms with E-state index in [2.05, 4.69) is 68.5 Å². The van der Waals surface area contributed by atoms with Crippen molar-refractivity contribution in [2.75, 3.05) is 0 Å². The lowest BCUT2D eigenvalue weighted by Crippen LogP contribution is -2.26. The van der Waals surface area contributed by atoms with Gasteiger partial charge in [0.05, 0.1) is 0 Å². The minimum Gasteiger partial charge on any atom is -0.375 e. The molecule has 5 heteroatoms. The van der Waals surface area contributed by atoms with Gasteiger partial charge in [-0.3, -0.25) is 0 Å². The van der Waals surface area contributed by atoms with Crippen molar-refractivity contribution in [1.29, 1.82) is 0 Å². The molecule has 0 aliphatic heterocycles. The average Bonchev–Trinajstić information content (AvgIpc) is 3.46. The highest BCUT2D eigenvalue weighted by atomic mass is 16.3. The van der Waals surface area contributed by atoms with Gasteiger partial charge in [-0.1, -0.05) is 60.7 Å². The molecule has 3 N–H and O–H groups in total. The van der Waals surface area contributed by atoms with E-state index in [-0.39, 0.29) is 0 Å². The molecule has 160 valence electrons. The van der Waals surface area contributed by atoms with Crippen molar-refractivity contribution < 1.29 is 5.11 Å². The Bertz CT molecular complexity index is 981. The third kappa shape index (κ3) is 5.50. The van der Waals surface area contributed by atoms with E-state index in [4.69, 9.17) is 0 Å². The molecule has 0 aliphatic rings. The van der Waals surface area contributed by atoms with E-state index in [0.717, 1.165) is 49.9 Å². The molecule has 4 rings (SSSR count). The Hall–Kier alpha value is -3.18. The van der Waals surface area contributed by atoms with Crippen LogP contribution in [0.5, 0.6) is 0 Å². The molecule has 0 unspecified atom stereocenters. The summed E-state index contributed by atoms with van der Waals surface area (Å²) < 4.78 is 0. The maximum atomic E-state index is 11.1. The van der Waals surface area contributed by atoms with Gasteiger partial charge in [-0.15, -0.1) is 0 Å². The van der Waals surface area contributed by atoms with Crippen molar-refractivity contribution in [1.82, 2.24) is 19.9 Å². The summed E-state index contributed by atoms with van der Waals surface area (Å²) in [5.41, 5.74) is 3.45. The SMILES string of the molecule is CC(O)(c1ncc(CCCc2ccccc2)[nH]1)c1ncc(CCCc2ccccc2)[nH]1. The zero-order chi connectivity index (χ0) is 21.5. The van der Waals surface area contributed by atoms with E-state index in [1.807, 2.05) is 24.5 Å². The molecule has 5 nitrogen and oxygen atoms in total. The molecule has 31 heavy (non-hydrogen) atoms. The number of nitrogens with zero attached hydrogens (tertiary/aromatic N) is 2. The van der Waals surface area contributed by atoms with Crippen LogP contribution in [-0.4, -0.2) is 25.0 Å². The van der Waals surface area contributed by atoms with Crippen LogP contribution in [-0.2, 0) is 31.3 Å². The second-order valence-corrected chi connectivity index (χ2v) is 8.26. The summed E-state index contributed by atoms with van der Waals surface area (Å²) in [4.78, 5) is 15.5. The number of aliphatic hydroxyl groups is 1. The minimum absolute atomic E-state index is 0.521. The smallest absolute Gasteiger partial charge is 0.176 e. The van der Waals surface area contributed by atoms with E-state index >= 15 is 0 Å². The van der Waals surface area contributed by atoms with Crippen LogP contribution < -0.4 is 0 Å². The number of rotatable bonds is 10. The van der Waals surface area contributed by atoms with Crippen molar-refractivity contribution in [3.63, 3.8) is 0 Å². The highest BCUT2D eigenvalue weighted by molar-refractivity contribution is 5.20. The van der Waals surface area contributed by atoms with Crippen LogP contribution in [0, 0.1) is 0 Å². The quantitative estimate of drug-likeness (QED) is 0.351. The first kappa shape index (κ1) is 21.1. The first-order valence-corrected chi connectivity index (χ1v) is 11.0. The number of hydrogen-bond acceptors (Lipinski definition) is 3. The summed E-state index contributed by atoms with van der Waals surface area (Å²) in [5, 5.41) is 11.1. The van der Waals surface area contributed by atoms with Crippen molar-refractivity contribution in [3.8, 4) is 0 Å². The lowest BCUT2D eigenvalue weighted by Gasteiger charge is -2.18. The third-order valence-corrected chi connectivity index (χ3v) is 5.69. The van der Waals surface area contributed by atoms with E-state index < -0.39 is 5.60 Å². The third-order valence-electron chi connectivity index (χ3n) is 5.69. The van der Waals surface area contributed by atoms with Gasteiger partial charge >= 0.3 is 0 Å². The van der Waals surface area contributed by atoms with Crippen LogP contribution in [0.1, 0.15) is 53.9 Å². The topological polar surface area (TPSA) is 77.6 Å². The van der Waals surface area contributed by atoms with Gasteiger partial charge in [0.15, 0.2) is 5.60 Å². The fourth-order valence-electron chi connectivity index (χ4n) is 3.83. The van der Waals surface area contributed by atoms with Crippen LogP contribution in [0.3, 0.4) is 0 Å². The Morgan fingerprint density at radius 1 is 0.677 bits per heavy atom. The van der Waals surface area contributed by atoms with E-state index in [9.17, 15) is 5.11 Å². The van der Waals surface area contributed by atoms with Crippen LogP contribution in [0.2, 0.25) is 0 Å². The van der Waals surface area contributed by atoms with Crippen LogP contribution in [0.4, 0.5) is 0 Å². The van der Waals surface area contributed by atoms with Crippen LogP contribution in [0.25, 0.3) is 0 Å². The van der Waals surface area contributed by atoms with Gasteiger partial charge < -0.3 is 15.1 Å². The predicted octanol–water partition coefficient (Wildman–Crippen LogP) is 4.74. The van der Waals surface area contributed by atoms with Crippen molar-refractivity contribution >= 4 is 0 Å². The average molecular weight is 415 g/mol. The molecule has 4 aromatic rings. The summed E-state index contributed by atoms with van der Waals surface area (Å²) in [5.74, 6) is 1.04. The molecular weight excluding hydrogens is 384 g/mol. The molecule has 0 saturated carbocycles. The van der Waals surface area contributed by atoms with Gasteiger partial charge in [-0.05, 0) is 56.6 Å². The van der Waals surface area contributed by atoms with Gasteiger partial charge in [-0.2, -0.15) is 0 Å². The summed E-state index contributed by atoms with van der Waals surface area (Å²) in [6, 6.07) is 21.0. The Labute approximate surface area is 183 Å². The number of aromatic amines is 2. The van der Waals surface area contributed by atoms with Gasteiger partial charge in [0.1, 0.15) is 11.6 Å². The maximum absolute atomic E-state index is 11.1. The largest absolute Gasteiger partial charge is 0.375 e. The summed E-state index contributed by atoms with van der Waals surface area (Å²) in [6.45, 7) is 1.73. The zero-order valence-electron chi connectivity index (χ0n) is 18.0. The number of hydrogen-bond donors (Lipinski definition) is 3. The Morgan fingerprint density at radius 3 is 1.52 bits per heavy atom. The molecule has 0 saturated heterocycles. The van der Waals surface area contributed by atoms with Gasteiger partial charge in [0, 0.05) is 23.8 Å². The van der Waals surface area contributed by atoms with Crippen molar-refractivity contribution in [2.24, 2.45) is 0 Å². The molecule has 0 atom stereocenters. The summed E-state index contributed by atoms with van der Waals surface area (Å²) >= 11 is 0. The molecule has 0 amide bonds. The van der Waals surface area contributed by atoms with Crippen LogP contribution in [0.15, 0.2) is 73.1 Å². The Balaban J connectivity index is 1.32. The highest BCUT2D eigenvalue weighted by Crippen LogP contribution is 2.25. The van der Waals surface area contributed by atoms with Crippen LogP contribution >= 0.6 is 0 Å². The molecule has 0 radical (unpaired) electrons. The molecule has 0 fully saturated rings. The molecule has 0 bridgehead atoms. The molecular formula is C26H30N4O. The molecule has 0 spiro atoms. The number of H-pyrrole nitrogens is 2. The first-order valence-electron chi connectivity index (χ1n) is 11.0. The first-order chi connectivity index (χ1) is 15.1. The summed E-state index contributed by atoms with van der Waals surface area (Å²) in [6.07, 6.45) is 9.52. The normalized spacial score (nSPS) is 11.7. The van der Waals surface area contributed by atoms with E-state index in [0.29, 0.717) is 11.6 Å². The molecule has 2 heterocycles. The van der Waals surface area contributed by atoms with Gasteiger partial charge in [0.25, 0.3) is 0 Å². The minimum atomic E-state index is -1.28. The molecule has 0 aliphatic carbocycles. The lowest BCUT2D eigenvalue weighted by atomic mass is 10.1. The number of benzene rings is 2. The molecule has 2 aromatic heterocycles. The predicted molar refractivity (Wildman–Crippen MR) is 123 cm³/mol. The standard InChI is InChI=1S/C26H30N4O/c1-26(31,24-27-18-22(29-24)16-8-14-20-10-4-2-5-11-20)25-28-19-23(30-25)17-9-15-21-12-6-3-7-13-21/h2-7,10-13,18-19,31H,8-9,14-17H2,1H3,(H,27,29)(H,28,30). The monoisotopic (exact) mass is 414 g/mol. The van der Waals surface area contributed by atoms with Crippen molar-refractivity contribution in [3.05, 3.63) is 107 Å². The van der Waals surface area contributed by atoms with Gasteiger partial charge in [0.2, 0.25) is 0 Å². The molecule has 2 aromatic carbocycles. The van der Waals surface area contributed by atoms with E-state index in [1.54, 1.807) is 6.92 Å². The zero-order valence-corrected chi connectivity index (χ0v) is 18.0. The summed E-state index contributed by atoms with van der Waals surface area (Å²) in [7, 11) is 0. The van der Waals surface area contributed by atoms with Gasteiger partial charge in [-0.25, -0.2) is 9.97 Å². The number of aryl methyl sites for hydroxylation is 4. The Kier molecular flexibility index (Phi) is 6.63. The second kappa shape index (κ2) is 9.75. The fraction of sp³-hybridized carbons (Fsp3) is 0.308. The van der Waals surface area contributed by atoms with E-state index in [1.165, 1.54) is 11.1 Å². The fourth-order valence-corrected chi connectivity index (χ4v) is 3.83. The maximum Gasteiger partial charge on any atom is 0.176 e. The number of imidazole rings is 2. The Morgan fingerprint density at radius 2 is 1.10 bits per heavy atom.